The van der Waals surface area contributed by atoms with E-state index >= 15 is 0 Å². The second kappa shape index (κ2) is 7.42. The Kier molecular flexibility index (Phi) is 5.05. The molecule has 0 aliphatic carbocycles. The zero-order chi connectivity index (χ0) is 21.6. The highest BCUT2D eigenvalue weighted by atomic mass is 32.1. The number of carbonyl (C=O) groups excluding carboxylic acids is 1. The number of halogens is 3. The number of hydrogen-bond acceptors (Lipinski definition) is 6. The zero-order valence-electron chi connectivity index (χ0n) is 16.4. The SMILES string of the molecule is Cc1nnc2sc(C(=O)NC3CCN(c4ccccc4C(F)(F)F)C3)c(N)c2c1C. The van der Waals surface area contributed by atoms with Gasteiger partial charge in [-0.3, -0.25) is 4.79 Å². The summed E-state index contributed by atoms with van der Waals surface area (Å²) < 4.78 is 40.0. The number of para-hydroxylation sites is 1. The number of fused-ring (bicyclic) bond motifs is 1. The molecule has 1 fully saturated rings. The minimum Gasteiger partial charge on any atom is -0.397 e. The van der Waals surface area contributed by atoms with Gasteiger partial charge in [-0.1, -0.05) is 12.1 Å². The van der Waals surface area contributed by atoms with Crippen LogP contribution in [0.4, 0.5) is 24.5 Å². The summed E-state index contributed by atoms with van der Waals surface area (Å²) in [6, 6.07) is 5.21. The Balaban J connectivity index is 1.52. The summed E-state index contributed by atoms with van der Waals surface area (Å²) in [5, 5.41) is 11.8. The molecule has 3 N–H and O–H groups in total. The molecule has 6 nitrogen and oxygen atoms in total. The van der Waals surface area contributed by atoms with Gasteiger partial charge < -0.3 is 16.0 Å². The minimum atomic E-state index is -4.43. The van der Waals surface area contributed by atoms with Crippen LogP contribution in [0.3, 0.4) is 0 Å². The molecular weight excluding hydrogens is 415 g/mol. The Morgan fingerprint density at radius 1 is 1.27 bits per heavy atom. The number of hydrogen-bond donors (Lipinski definition) is 2. The van der Waals surface area contributed by atoms with Gasteiger partial charge in [-0.25, -0.2) is 0 Å². The first-order chi connectivity index (χ1) is 14.2. The molecule has 0 radical (unpaired) electrons. The summed E-state index contributed by atoms with van der Waals surface area (Å²) in [7, 11) is 0. The second-order valence-electron chi connectivity index (χ2n) is 7.36. The van der Waals surface area contributed by atoms with Crippen LogP contribution in [0.25, 0.3) is 10.2 Å². The van der Waals surface area contributed by atoms with Gasteiger partial charge in [0.2, 0.25) is 0 Å². The fraction of sp³-hybridized carbons (Fsp3) is 0.350. The van der Waals surface area contributed by atoms with E-state index in [0.29, 0.717) is 34.9 Å². The van der Waals surface area contributed by atoms with E-state index in [1.165, 1.54) is 23.5 Å². The number of amides is 1. The summed E-state index contributed by atoms with van der Waals surface area (Å²) in [4.78, 5) is 15.4. The third-order valence-corrected chi connectivity index (χ3v) is 6.50. The number of nitrogen functional groups attached to an aromatic ring is 1. The smallest absolute Gasteiger partial charge is 0.397 e. The van der Waals surface area contributed by atoms with Crippen LogP contribution in [-0.2, 0) is 6.18 Å². The van der Waals surface area contributed by atoms with Crippen molar-refractivity contribution in [3.8, 4) is 0 Å². The lowest BCUT2D eigenvalue weighted by Crippen LogP contribution is -2.37. The largest absolute Gasteiger partial charge is 0.418 e. The van der Waals surface area contributed by atoms with Crippen molar-refractivity contribution in [2.24, 2.45) is 0 Å². The maximum absolute atomic E-state index is 13.3. The number of alkyl halides is 3. The van der Waals surface area contributed by atoms with E-state index in [4.69, 9.17) is 5.73 Å². The molecular formula is C20H20F3N5OS. The maximum Gasteiger partial charge on any atom is 0.418 e. The highest BCUT2D eigenvalue weighted by molar-refractivity contribution is 7.21. The molecule has 158 valence electrons. The molecule has 3 heterocycles. The number of nitrogens with one attached hydrogen (secondary N) is 1. The van der Waals surface area contributed by atoms with Crippen molar-refractivity contribution in [3.05, 3.63) is 46.0 Å². The Morgan fingerprint density at radius 2 is 2.00 bits per heavy atom. The molecule has 1 aromatic carbocycles. The third kappa shape index (κ3) is 3.55. The van der Waals surface area contributed by atoms with E-state index in [1.807, 2.05) is 13.8 Å². The van der Waals surface area contributed by atoms with Crippen molar-refractivity contribution in [1.82, 2.24) is 15.5 Å². The molecule has 1 unspecified atom stereocenters. The minimum absolute atomic E-state index is 0.129. The van der Waals surface area contributed by atoms with Crippen LogP contribution in [0.5, 0.6) is 0 Å². The topological polar surface area (TPSA) is 84.1 Å². The Morgan fingerprint density at radius 3 is 2.73 bits per heavy atom. The summed E-state index contributed by atoms with van der Waals surface area (Å²) >= 11 is 1.17. The number of thiophene rings is 1. The van der Waals surface area contributed by atoms with Crippen molar-refractivity contribution in [2.45, 2.75) is 32.5 Å². The van der Waals surface area contributed by atoms with Crippen LogP contribution in [0.15, 0.2) is 24.3 Å². The Bertz CT molecular complexity index is 1130. The number of aromatic nitrogens is 2. The molecule has 3 aromatic rings. The summed E-state index contributed by atoms with van der Waals surface area (Å²) in [6.07, 6.45) is -3.89. The fourth-order valence-corrected chi connectivity index (χ4v) is 4.75. The van der Waals surface area contributed by atoms with Crippen LogP contribution >= 0.6 is 11.3 Å². The van der Waals surface area contributed by atoms with Crippen molar-refractivity contribution < 1.29 is 18.0 Å². The first kappa shape index (κ1) is 20.4. The number of nitrogens with zero attached hydrogens (tertiary/aromatic N) is 3. The van der Waals surface area contributed by atoms with Crippen LogP contribution < -0.4 is 16.0 Å². The normalized spacial score (nSPS) is 17.0. The average molecular weight is 435 g/mol. The molecule has 1 aliphatic heterocycles. The predicted molar refractivity (Wildman–Crippen MR) is 111 cm³/mol. The van der Waals surface area contributed by atoms with Crippen LogP contribution in [0.2, 0.25) is 0 Å². The summed E-state index contributed by atoms with van der Waals surface area (Å²) in [5.41, 5.74) is 7.66. The van der Waals surface area contributed by atoms with Gasteiger partial charge in [0.25, 0.3) is 5.91 Å². The third-order valence-electron chi connectivity index (χ3n) is 5.41. The number of rotatable bonds is 3. The number of benzene rings is 1. The van der Waals surface area contributed by atoms with Crippen molar-refractivity contribution in [1.29, 1.82) is 0 Å². The van der Waals surface area contributed by atoms with Crippen molar-refractivity contribution in [3.63, 3.8) is 0 Å². The quantitative estimate of drug-likeness (QED) is 0.652. The number of anilines is 2. The molecule has 1 saturated heterocycles. The lowest BCUT2D eigenvalue weighted by molar-refractivity contribution is -0.137. The van der Waals surface area contributed by atoms with E-state index in [0.717, 1.165) is 22.7 Å². The first-order valence-electron chi connectivity index (χ1n) is 9.40. The first-order valence-corrected chi connectivity index (χ1v) is 10.2. The average Bonchev–Trinajstić information content (AvgIpc) is 3.29. The van der Waals surface area contributed by atoms with Gasteiger partial charge in [0, 0.05) is 30.2 Å². The van der Waals surface area contributed by atoms with E-state index in [2.05, 4.69) is 15.5 Å². The molecule has 2 aromatic heterocycles. The van der Waals surface area contributed by atoms with Gasteiger partial charge in [0.1, 0.15) is 9.71 Å². The van der Waals surface area contributed by atoms with E-state index in [1.54, 1.807) is 11.0 Å². The maximum atomic E-state index is 13.3. The molecule has 1 aliphatic rings. The number of nitrogens with two attached hydrogens (primary N) is 1. The van der Waals surface area contributed by atoms with E-state index < -0.39 is 11.7 Å². The Hall–Kier alpha value is -2.88. The van der Waals surface area contributed by atoms with Crippen molar-refractivity contribution >= 4 is 38.8 Å². The fourth-order valence-electron chi connectivity index (χ4n) is 3.75. The molecule has 10 heteroatoms. The lowest BCUT2D eigenvalue weighted by atomic mass is 10.1. The predicted octanol–water partition coefficient (Wildman–Crippen LogP) is 3.92. The lowest BCUT2D eigenvalue weighted by Gasteiger charge is -2.23. The van der Waals surface area contributed by atoms with Gasteiger partial charge in [0.15, 0.2) is 0 Å². The molecule has 0 saturated carbocycles. The molecule has 4 rings (SSSR count). The highest BCUT2D eigenvalue weighted by Gasteiger charge is 2.36. The van der Waals surface area contributed by atoms with Gasteiger partial charge in [0.05, 0.1) is 16.9 Å². The van der Waals surface area contributed by atoms with Crippen molar-refractivity contribution in [2.75, 3.05) is 23.7 Å². The molecule has 1 amide bonds. The summed E-state index contributed by atoms with van der Waals surface area (Å²) in [5.74, 6) is -0.344. The standard InChI is InChI=1S/C20H20F3N5OS/c1-10-11(2)26-27-19-15(10)16(24)17(30-19)18(29)25-12-7-8-28(9-12)14-6-4-3-5-13(14)20(21,22)23/h3-6,12H,7-9,24H2,1-2H3,(H,25,29). The van der Waals surface area contributed by atoms with Gasteiger partial charge in [-0.05, 0) is 38.0 Å². The van der Waals surface area contributed by atoms with E-state index in [9.17, 15) is 18.0 Å². The molecule has 30 heavy (non-hydrogen) atoms. The van der Waals surface area contributed by atoms with Crippen LogP contribution in [0, 0.1) is 13.8 Å². The monoisotopic (exact) mass is 435 g/mol. The Labute approximate surface area is 174 Å². The molecule has 0 bridgehead atoms. The van der Waals surface area contributed by atoms with Gasteiger partial charge in [-0.15, -0.1) is 16.4 Å². The van der Waals surface area contributed by atoms with Gasteiger partial charge in [-0.2, -0.15) is 18.3 Å². The zero-order valence-corrected chi connectivity index (χ0v) is 17.2. The number of carbonyl (C=O) groups is 1. The van der Waals surface area contributed by atoms with Crippen LogP contribution in [0.1, 0.15) is 32.9 Å². The van der Waals surface area contributed by atoms with Crippen LogP contribution in [-0.4, -0.2) is 35.2 Å². The number of aryl methyl sites for hydroxylation is 2. The summed E-state index contributed by atoms with van der Waals surface area (Å²) in [6.45, 7) is 4.42. The molecule has 1 atom stereocenters. The van der Waals surface area contributed by atoms with Gasteiger partial charge >= 0.3 is 6.18 Å². The molecule has 0 spiro atoms. The second-order valence-corrected chi connectivity index (χ2v) is 8.35. The highest BCUT2D eigenvalue weighted by Crippen LogP contribution is 2.38. The van der Waals surface area contributed by atoms with E-state index in [-0.39, 0.29) is 17.6 Å².